The van der Waals surface area contributed by atoms with Crippen LogP contribution < -0.4 is 5.32 Å². The van der Waals surface area contributed by atoms with Gasteiger partial charge in [0, 0.05) is 10.7 Å². The molecule has 0 aliphatic rings. The third kappa shape index (κ3) is 2.62. The van der Waals surface area contributed by atoms with Gasteiger partial charge in [-0.3, -0.25) is 0 Å². The molecule has 0 aliphatic heterocycles. The fourth-order valence-corrected chi connectivity index (χ4v) is 2.70. The first-order chi connectivity index (χ1) is 7.66. The second-order valence-corrected chi connectivity index (χ2v) is 5.44. The highest BCUT2D eigenvalue weighted by atomic mass is 79.9. The van der Waals surface area contributed by atoms with E-state index in [9.17, 15) is 0 Å². The normalized spacial score (nSPS) is 12.4. The van der Waals surface area contributed by atoms with Crippen LogP contribution in [0.4, 0.5) is 5.82 Å². The molecule has 2 rings (SSSR count). The van der Waals surface area contributed by atoms with Gasteiger partial charge in [0.1, 0.15) is 5.82 Å². The Balaban J connectivity index is 2.15. The molecule has 0 spiro atoms. The number of nitrogens with zero attached hydrogens (tertiary/aromatic N) is 1. The third-order valence-electron chi connectivity index (χ3n) is 2.44. The van der Waals surface area contributed by atoms with Crippen molar-refractivity contribution in [3.8, 4) is 0 Å². The maximum absolute atomic E-state index is 4.37. The number of rotatable bonds is 3. The predicted molar refractivity (Wildman–Crippen MR) is 73.0 cm³/mol. The largest absolute Gasteiger partial charge is 0.363 e. The highest BCUT2D eigenvalue weighted by molar-refractivity contribution is 9.10. The van der Waals surface area contributed by atoms with E-state index in [2.05, 4.69) is 63.0 Å². The first-order valence-electron chi connectivity index (χ1n) is 5.07. The molecule has 2 heterocycles. The summed E-state index contributed by atoms with van der Waals surface area (Å²) >= 11 is 5.13. The molecule has 1 N–H and O–H groups in total. The molecule has 0 aliphatic carbocycles. The molecule has 16 heavy (non-hydrogen) atoms. The summed E-state index contributed by atoms with van der Waals surface area (Å²) in [5.74, 6) is 0.946. The van der Waals surface area contributed by atoms with E-state index >= 15 is 0 Å². The molecule has 0 amide bonds. The highest BCUT2D eigenvalue weighted by Gasteiger charge is 2.08. The van der Waals surface area contributed by atoms with Crippen LogP contribution in [-0.2, 0) is 0 Å². The molecule has 2 aromatic heterocycles. The van der Waals surface area contributed by atoms with Gasteiger partial charge in [-0.15, -0.1) is 0 Å². The Kier molecular flexibility index (Phi) is 3.61. The second-order valence-electron chi connectivity index (χ2n) is 3.74. The summed E-state index contributed by atoms with van der Waals surface area (Å²) in [5, 5.41) is 7.67. The predicted octanol–water partition coefficient (Wildman–Crippen LogP) is 4.39. The minimum absolute atomic E-state index is 0.290. The Hall–Kier alpha value is -0.870. The van der Waals surface area contributed by atoms with Crippen molar-refractivity contribution in [1.82, 2.24) is 4.98 Å². The van der Waals surface area contributed by atoms with Gasteiger partial charge in [0.25, 0.3) is 0 Å². The molecular weight excluding hydrogens is 284 g/mol. The van der Waals surface area contributed by atoms with E-state index in [1.165, 1.54) is 5.56 Å². The van der Waals surface area contributed by atoms with Crippen LogP contribution in [0, 0.1) is 6.92 Å². The number of aryl methyl sites for hydroxylation is 1. The zero-order chi connectivity index (χ0) is 11.5. The molecule has 0 fully saturated rings. The number of halogens is 1. The smallest absolute Gasteiger partial charge is 0.129 e. The molecule has 0 bridgehead atoms. The van der Waals surface area contributed by atoms with Crippen molar-refractivity contribution in [1.29, 1.82) is 0 Å². The van der Waals surface area contributed by atoms with Gasteiger partial charge in [-0.2, -0.15) is 11.3 Å². The molecule has 2 nitrogen and oxygen atoms in total. The zero-order valence-electron chi connectivity index (χ0n) is 9.20. The maximum Gasteiger partial charge on any atom is 0.129 e. The van der Waals surface area contributed by atoms with Crippen molar-refractivity contribution >= 4 is 33.1 Å². The van der Waals surface area contributed by atoms with Gasteiger partial charge in [0.2, 0.25) is 0 Å². The molecule has 0 saturated carbocycles. The van der Waals surface area contributed by atoms with Crippen LogP contribution in [0.25, 0.3) is 0 Å². The monoisotopic (exact) mass is 296 g/mol. The van der Waals surface area contributed by atoms with Crippen LogP contribution in [-0.4, -0.2) is 4.98 Å². The number of pyridine rings is 1. The zero-order valence-corrected chi connectivity index (χ0v) is 11.6. The summed E-state index contributed by atoms with van der Waals surface area (Å²) < 4.78 is 1.01. The van der Waals surface area contributed by atoms with Crippen molar-refractivity contribution < 1.29 is 0 Å². The van der Waals surface area contributed by atoms with Crippen molar-refractivity contribution in [2.75, 3.05) is 5.32 Å². The molecule has 1 atom stereocenters. The summed E-state index contributed by atoms with van der Waals surface area (Å²) in [6.45, 7) is 4.20. The summed E-state index contributed by atoms with van der Waals surface area (Å²) in [7, 11) is 0. The summed E-state index contributed by atoms with van der Waals surface area (Å²) in [6.07, 6.45) is 1.82. The van der Waals surface area contributed by atoms with Gasteiger partial charge in [0.05, 0.1) is 6.04 Å². The van der Waals surface area contributed by atoms with E-state index in [0.29, 0.717) is 6.04 Å². The van der Waals surface area contributed by atoms with E-state index in [0.717, 1.165) is 15.9 Å². The van der Waals surface area contributed by atoms with E-state index in [4.69, 9.17) is 0 Å². The van der Waals surface area contributed by atoms with Crippen LogP contribution in [0.2, 0.25) is 0 Å². The Morgan fingerprint density at radius 2 is 2.31 bits per heavy atom. The topological polar surface area (TPSA) is 24.9 Å². The van der Waals surface area contributed by atoms with Crippen molar-refractivity contribution in [2.24, 2.45) is 0 Å². The molecule has 4 heteroatoms. The molecule has 2 aromatic rings. The summed E-state index contributed by atoms with van der Waals surface area (Å²) in [4.78, 5) is 4.37. The molecule has 0 aromatic carbocycles. The Labute approximate surface area is 108 Å². The lowest BCUT2D eigenvalue weighted by molar-refractivity contribution is 0.876. The molecule has 1 unspecified atom stereocenters. The first kappa shape index (κ1) is 11.6. The lowest BCUT2D eigenvalue weighted by atomic mass is 10.2. The quantitative estimate of drug-likeness (QED) is 0.909. The van der Waals surface area contributed by atoms with Crippen LogP contribution in [0.5, 0.6) is 0 Å². The molecule has 84 valence electrons. The van der Waals surface area contributed by atoms with Crippen LogP contribution in [0.15, 0.2) is 33.6 Å². The average Bonchev–Trinajstić information content (AvgIpc) is 2.75. The lowest BCUT2D eigenvalue weighted by Gasteiger charge is -2.15. The Morgan fingerprint density at radius 3 is 2.94 bits per heavy atom. The van der Waals surface area contributed by atoms with Crippen LogP contribution in [0.3, 0.4) is 0 Å². The number of hydrogen-bond acceptors (Lipinski definition) is 3. The van der Waals surface area contributed by atoms with Gasteiger partial charge >= 0.3 is 0 Å². The van der Waals surface area contributed by atoms with Gasteiger partial charge < -0.3 is 5.32 Å². The van der Waals surface area contributed by atoms with E-state index < -0.39 is 0 Å². The molecule has 0 radical (unpaired) electrons. The van der Waals surface area contributed by atoms with Crippen molar-refractivity contribution in [3.63, 3.8) is 0 Å². The summed E-state index contributed by atoms with van der Waals surface area (Å²) in [6, 6.07) is 4.49. The number of hydrogen-bond donors (Lipinski definition) is 1. The Morgan fingerprint density at radius 1 is 1.50 bits per heavy atom. The number of nitrogens with one attached hydrogen (secondary N) is 1. The highest BCUT2D eigenvalue weighted by Crippen LogP contribution is 2.23. The van der Waals surface area contributed by atoms with Gasteiger partial charge in [-0.1, -0.05) is 0 Å². The first-order valence-corrected chi connectivity index (χ1v) is 6.81. The lowest BCUT2D eigenvalue weighted by Crippen LogP contribution is -2.08. The van der Waals surface area contributed by atoms with E-state index in [-0.39, 0.29) is 0 Å². The average molecular weight is 297 g/mol. The van der Waals surface area contributed by atoms with E-state index in [1.807, 2.05) is 6.20 Å². The standard InChI is InChI=1S/C12H13BrN2S/c1-8-5-11(13)6-14-12(8)15-9(2)10-3-4-16-7-10/h3-7,9H,1-2H3,(H,14,15). The van der Waals surface area contributed by atoms with Crippen LogP contribution in [0.1, 0.15) is 24.1 Å². The maximum atomic E-state index is 4.37. The van der Waals surface area contributed by atoms with Gasteiger partial charge in [-0.25, -0.2) is 4.98 Å². The summed E-state index contributed by atoms with van der Waals surface area (Å²) in [5.41, 5.74) is 2.45. The second kappa shape index (κ2) is 4.97. The molecular formula is C12H13BrN2S. The van der Waals surface area contributed by atoms with Crippen LogP contribution >= 0.6 is 27.3 Å². The van der Waals surface area contributed by atoms with E-state index in [1.54, 1.807) is 11.3 Å². The minimum Gasteiger partial charge on any atom is -0.363 e. The van der Waals surface area contributed by atoms with Gasteiger partial charge in [-0.05, 0) is 63.8 Å². The fraction of sp³-hybridized carbons (Fsp3) is 0.250. The number of thiophene rings is 1. The fourth-order valence-electron chi connectivity index (χ4n) is 1.50. The van der Waals surface area contributed by atoms with Crippen molar-refractivity contribution in [3.05, 3.63) is 44.7 Å². The minimum atomic E-state index is 0.290. The number of anilines is 1. The Bertz CT molecular complexity index is 468. The van der Waals surface area contributed by atoms with Crippen molar-refractivity contribution in [2.45, 2.75) is 19.9 Å². The van der Waals surface area contributed by atoms with Gasteiger partial charge in [0.15, 0.2) is 0 Å². The third-order valence-corrected chi connectivity index (χ3v) is 3.58. The molecule has 0 saturated heterocycles. The number of aromatic nitrogens is 1. The SMILES string of the molecule is Cc1cc(Br)cnc1NC(C)c1ccsc1.